The van der Waals surface area contributed by atoms with Gasteiger partial charge in [-0.1, -0.05) is 45.1 Å². The van der Waals surface area contributed by atoms with Crippen molar-refractivity contribution in [2.24, 2.45) is 0 Å². The van der Waals surface area contributed by atoms with E-state index >= 15 is 0 Å². The zero-order chi connectivity index (χ0) is 14.8. The van der Waals surface area contributed by atoms with Crippen LogP contribution in [0.5, 0.6) is 0 Å². The lowest BCUT2D eigenvalue weighted by Gasteiger charge is -2.25. The molecule has 0 amide bonds. The fourth-order valence-corrected chi connectivity index (χ4v) is 3.41. The second-order valence-electron chi connectivity index (χ2n) is 6.01. The van der Waals surface area contributed by atoms with Crippen LogP contribution in [-0.4, -0.2) is 31.6 Å². The summed E-state index contributed by atoms with van der Waals surface area (Å²) >= 11 is 1.86. The van der Waals surface area contributed by atoms with Gasteiger partial charge >= 0.3 is 0 Å². The first-order chi connectivity index (χ1) is 9.65. The van der Waals surface area contributed by atoms with Crippen LogP contribution < -0.4 is 5.32 Å². The molecule has 1 aromatic heterocycles. The van der Waals surface area contributed by atoms with Crippen molar-refractivity contribution in [3.05, 3.63) is 22.4 Å². The van der Waals surface area contributed by atoms with E-state index in [1.54, 1.807) is 0 Å². The van der Waals surface area contributed by atoms with E-state index < -0.39 is 0 Å². The molecule has 0 saturated carbocycles. The average Bonchev–Trinajstić information content (AvgIpc) is 2.92. The Kier molecular flexibility index (Phi) is 9.16. The van der Waals surface area contributed by atoms with Gasteiger partial charge in [-0.15, -0.1) is 11.3 Å². The molecule has 0 aliphatic rings. The summed E-state index contributed by atoms with van der Waals surface area (Å²) in [7, 11) is 4.34. The molecule has 0 aliphatic carbocycles. The molecule has 1 rings (SSSR count). The average molecular weight is 297 g/mol. The SMILES string of the molecule is CCCCCCCC(C)NCC(c1cccs1)N(C)C. The Labute approximate surface area is 129 Å². The zero-order valence-corrected chi connectivity index (χ0v) is 14.5. The van der Waals surface area contributed by atoms with Crippen molar-refractivity contribution in [1.29, 1.82) is 0 Å². The highest BCUT2D eigenvalue weighted by Gasteiger charge is 2.15. The Bertz CT molecular complexity index is 322. The highest BCUT2D eigenvalue weighted by atomic mass is 32.1. The summed E-state index contributed by atoms with van der Waals surface area (Å²) in [6.07, 6.45) is 8.18. The van der Waals surface area contributed by atoms with Crippen LogP contribution in [0.1, 0.15) is 63.3 Å². The molecule has 0 fully saturated rings. The molecule has 0 aromatic carbocycles. The van der Waals surface area contributed by atoms with Crippen molar-refractivity contribution < 1.29 is 0 Å². The van der Waals surface area contributed by atoms with Crippen LogP contribution in [0.15, 0.2) is 17.5 Å². The van der Waals surface area contributed by atoms with E-state index in [2.05, 4.69) is 55.7 Å². The summed E-state index contributed by atoms with van der Waals surface area (Å²) in [5.74, 6) is 0. The Hall–Kier alpha value is -0.380. The number of likely N-dealkylation sites (N-methyl/N-ethyl adjacent to an activating group) is 1. The third kappa shape index (κ3) is 6.87. The first kappa shape index (κ1) is 17.7. The zero-order valence-electron chi connectivity index (χ0n) is 13.7. The summed E-state index contributed by atoms with van der Waals surface area (Å²) in [6, 6.07) is 5.51. The van der Waals surface area contributed by atoms with Gasteiger partial charge in [-0.3, -0.25) is 0 Å². The molecule has 2 nitrogen and oxygen atoms in total. The molecule has 116 valence electrons. The summed E-state index contributed by atoms with van der Waals surface area (Å²) in [4.78, 5) is 3.77. The quantitative estimate of drug-likeness (QED) is 0.596. The summed E-state index contributed by atoms with van der Waals surface area (Å²) < 4.78 is 0. The van der Waals surface area contributed by atoms with Gasteiger partial charge in [-0.25, -0.2) is 0 Å². The van der Waals surface area contributed by atoms with Gasteiger partial charge in [0.2, 0.25) is 0 Å². The molecule has 0 spiro atoms. The van der Waals surface area contributed by atoms with Gasteiger partial charge in [0.1, 0.15) is 0 Å². The molecular formula is C17H32N2S. The maximum atomic E-state index is 3.71. The van der Waals surface area contributed by atoms with Crippen LogP contribution in [0.2, 0.25) is 0 Å². The molecule has 1 N–H and O–H groups in total. The van der Waals surface area contributed by atoms with Crippen LogP contribution in [0.3, 0.4) is 0 Å². The van der Waals surface area contributed by atoms with E-state index in [9.17, 15) is 0 Å². The lowest BCUT2D eigenvalue weighted by atomic mass is 10.1. The fourth-order valence-electron chi connectivity index (χ4n) is 2.49. The predicted octanol–water partition coefficient (Wildman–Crippen LogP) is 4.69. The van der Waals surface area contributed by atoms with Gasteiger partial charge in [-0.05, 0) is 38.9 Å². The molecule has 0 aliphatic heterocycles. The van der Waals surface area contributed by atoms with Crippen molar-refractivity contribution in [3.63, 3.8) is 0 Å². The third-order valence-electron chi connectivity index (χ3n) is 3.90. The number of hydrogen-bond donors (Lipinski definition) is 1. The highest BCUT2D eigenvalue weighted by Crippen LogP contribution is 2.22. The predicted molar refractivity (Wildman–Crippen MR) is 91.6 cm³/mol. The number of nitrogens with zero attached hydrogens (tertiary/aromatic N) is 1. The van der Waals surface area contributed by atoms with E-state index in [0.717, 1.165) is 6.54 Å². The summed E-state index contributed by atoms with van der Waals surface area (Å²) in [5, 5.41) is 5.88. The van der Waals surface area contributed by atoms with Gasteiger partial charge in [-0.2, -0.15) is 0 Å². The molecule has 2 unspecified atom stereocenters. The second kappa shape index (κ2) is 10.4. The molecule has 0 bridgehead atoms. The smallest absolute Gasteiger partial charge is 0.0561 e. The largest absolute Gasteiger partial charge is 0.312 e. The normalized spacial score (nSPS) is 14.7. The Morgan fingerprint density at radius 2 is 1.95 bits per heavy atom. The van der Waals surface area contributed by atoms with E-state index in [-0.39, 0.29) is 0 Å². The minimum atomic E-state index is 0.498. The number of nitrogens with one attached hydrogen (secondary N) is 1. The molecule has 1 heterocycles. The first-order valence-corrected chi connectivity index (χ1v) is 8.96. The molecule has 3 heteroatoms. The van der Waals surface area contributed by atoms with Gasteiger partial charge in [0.05, 0.1) is 6.04 Å². The van der Waals surface area contributed by atoms with Crippen molar-refractivity contribution in [1.82, 2.24) is 10.2 Å². The summed E-state index contributed by atoms with van der Waals surface area (Å²) in [6.45, 7) is 5.64. The number of thiophene rings is 1. The van der Waals surface area contributed by atoms with E-state index in [1.807, 2.05) is 11.3 Å². The van der Waals surface area contributed by atoms with Gasteiger partial charge < -0.3 is 10.2 Å². The summed E-state index contributed by atoms with van der Waals surface area (Å²) in [5.41, 5.74) is 0. The molecule has 1 aromatic rings. The Balaban J connectivity index is 2.22. The lowest BCUT2D eigenvalue weighted by Crippen LogP contribution is -2.35. The van der Waals surface area contributed by atoms with Gasteiger partial charge in [0.15, 0.2) is 0 Å². The molecular weight excluding hydrogens is 264 g/mol. The monoisotopic (exact) mass is 296 g/mol. The fraction of sp³-hybridized carbons (Fsp3) is 0.765. The topological polar surface area (TPSA) is 15.3 Å². The van der Waals surface area contributed by atoms with Crippen LogP contribution in [0, 0.1) is 0 Å². The number of unbranched alkanes of at least 4 members (excludes halogenated alkanes) is 4. The van der Waals surface area contributed by atoms with E-state index in [1.165, 1.54) is 43.4 Å². The number of rotatable bonds is 11. The van der Waals surface area contributed by atoms with Crippen molar-refractivity contribution in [3.8, 4) is 0 Å². The lowest BCUT2D eigenvalue weighted by molar-refractivity contribution is 0.282. The van der Waals surface area contributed by atoms with E-state index in [0.29, 0.717) is 12.1 Å². The van der Waals surface area contributed by atoms with Crippen molar-refractivity contribution in [2.45, 2.75) is 64.5 Å². The first-order valence-electron chi connectivity index (χ1n) is 8.08. The Morgan fingerprint density at radius 3 is 2.55 bits per heavy atom. The molecule has 20 heavy (non-hydrogen) atoms. The van der Waals surface area contributed by atoms with Crippen molar-refractivity contribution in [2.75, 3.05) is 20.6 Å². The maximum absolute atomic E-state index is 3.71. The molecule has 2 atom stereocenters. The minimum Gasteiger partial charge on any atom is -0.312 e. The van der Waals surface area contributed by atoms with Gasteiger partial charge in [0.25, 0.3) is 0 Å². The van der Waals surface area contributed by atoms with Gasteiger partial charge in [0, 0.05) is 17.5 Å². The van der Waals surface area contributed by atoms with Crippen LogP contribution >= 0.6 is 11.3 Å². The molecule has 0 saturated heterocycles. The number of hydrogen-bond acceptors (Lipinski definition) is 3. The van der Waals surface area contributed by atoms with Crippen molar-refractivity contribution >= 4 is 11.3 Å². The Morgan fingerprint density at radius 1 is 1.20 bits per heavy atom. The molecule has 0 radical (unpaired) electrons. The minimum absolute atomic E-state index is 0.498. The van der Waals surface area contributed by atoms with Crippen LogP contribution in [0.4, 0.5) is 0 Å². The third-order valence-corrected chi connectivity index (χ3v) is 4.87. The van der Waals surface area contributed by atoms with Crippen LogP contribution in [-0.2, 0) is 0 Å². The maximum Gasteiger partial charge on any atom is 0.0561 e. The second-order valence-corrected chi connectivity index (χ2v) is 6.99. The van der Waals surface area contributed by atoms with Crippen LogP contribution in [0.25, 0.3) is 0 Å². The van der Waals surface area contributed by atoms with E-state index in [4.69, 9.17) is 0 Å². The standard InChI is InChI=1S/C17H32N2S/c1-5-6-7-8-9-11-15(2)18-14-16(19(3)4)17-12-10-13-20-17/h10,12-13,15-16,18H,5-9,11,14H2,1-4H3. The highest BCUT2D eigenvalue weighted by molar-refractivity contribution is 7.10.